The number of hydrogen-bond donors (Lipinski definition) is 0. The van der Waals surface area contributed by atoms with Crippen LogP contribution < -0.4 is 0 Å². The molecule has 17 heavy (non-hydrogen) atoms. The zero-order valence-electron chi connectivity index (χ0n) is 9.89. The second-order valence-corrected chi connectivity index (χ2v) is 4.14. The van der Waals surface area contributed by atoms with Crippen LogP contribution in [0, 0.1) is 0 Å². The van der Waals surface area contributed by atoms with Gasteiger partial charge in [-0.05, 0) is 36.1 Å². The number of rotatable bonds is 4. The van der Waals surface area contributed by atoms with E-state index in [2.05, 4.69) is 29.2 Å². The Morgan fingerprint density at radius 1 is 1.12 bits per heavy atom. The van der Waals surface area contributed by atoms with Crippen LogP contribution in [0.3, 0.4) is 0 Å². The molecule has 0 unspecified atom stereocenters. The lowest BCUT2D eigenvalue weighted by Crippen LogP contribution is -1.93. The number of aromatic nitrogens is 1. The first kappa shape index (κ1) is 11.5. The van der Waals surface area contributed by atoms with Crippen molar-refractivity contribution in [3.63, 3.8) is 0 Å². The summed E-state index contributed by atoms with van der Waals surface area (Å²) in [5.74, 6) is 0.237. The molecule has 0 amide bonds. The summed E-state index contributed by atoms with van der Waals surface area (Å²) in [6.45, 7) is 1.63. The number of ketones is 1. The second kappa shape index (κ2) is 5.39. The smallest absolute Gasteiger partial charge is 0.130 e. The summed E-state index contributed by atoms with van der Waals surface area (Å²) in [5.41, 5.74) is 3.48. The van der Waals surface area contributed by atoms with E-state index in [1.165, 1.54) is 5.56 Å². The molecule has 0 saturated carbocycles. The zero-order valence-corrected chi connectivity index (χ0v) is 9.89. The molecule has 1 aromatic carbocycles. The van der Waals surface area contributed by atoms with Gasteiger partial charge in [0.25, 0.3) is 0 Å². The van der Waals surface area contributed by atoms with Crippen molar-refractivity contribution in [2.75, 3.05) is 0 Å². The molecule has 2 aromatic rings. The summed E-state index contributed by atoms with van der Waals surface area (Å²) in [6.07, 6.45) is 5.06. The van der Waals surface area contributed by atoms with Gasteiger partial charge in [-0.2, -0.15) is 0 Å². The summed E-state index contributed by atoms with van der Waals surface area (Å²) in [6, 6.07) is 12.3. The Hall–Kier alpha value is -1.96. The zero-order chi connectivity index (χ0) is 12.1. The molecule has 0 aliphatic rings. The predicted molar refractivity (Wildman–Crippen MR) is 68.7 cm³/mol. The van der Waals surface area contributed by atoms with E-state index in [0.29, 0.717) is 6.42 Å². The van der Waals surface area contributed by atoms with Crippen LogP contribution in [0.25, 0.3) is 11.1 Å². The van der Waals surface area contributed by atoms with Crippen molar-refractivity contribution in [3.05, 3.63) is 54.4 Å². The van der Waals surface area contributed by atoms with Crippen molar-refractivity contribution < 1.29 is 4.79 Å². The normalized spacial score (nSPS) is 10.2. The highest BCUT2D eigenvalue weighted by atomic mass is 16.1. The Labute approximate surface area is 101 Å². The highest BCUT2D eigenvalue weighted by Crippen LogP contribution is 2.18. The molecule has 0 radical (unpaired) electrons. The van der Waals surface area contributed by atoms with Gasteiger partial charge in [-0.25, -0.2) is 0 Å². The average Bonchev–Trinajstić information content (AvgIpc) is 2.38. The molecule has 0 N–H and O–H groups in total. The summed E-state index contributed by atoms with van der Waals surface area (Å²) >= 11 is 0. The van der Waals surface area contributed by atoms with E-state index in [1.54, 1.807) is 13.1 Å². The highest BCUT2D eigenvalue weighted by Gasteiger charge is 1.99. The van der Waals surface area contributed by atoms with Crippen molar-refractivity contribution >= 4 is 5.78 Å². The van der Waals surface area contributed by atoms with Crippen LogP contribution >= 0.6 is 0 Å². The molecule has 0 fully saturated rings. The minimum atomic E-state index is 0.237. The molecule has 0 bridgehead atoms. The van der Waals surface area contributed by atoms with Crippen molar-refractivity contribution in [2.45, 2.75) is 19.8 Å². The minimum absolute atomic E-state index is 0.237. The van der Waals surface area contributed by atoms with Crippen LogP contribution in [0.2, 0.25) is 0 Å². The van der Waals surface area contributed by atoms with Crippen LogP contribution in [-0.4, -0.2) is 10.8 Å². The fourth-order valence-corrected chi connectivity index (χ4v) is 1.72. The Morgan fingerprint density at radius 3 is 2.47 bits per heavy atom. The Kier molecular flexibility index (Phi) is 3.66. The highest BCUT2D eigenvalue weighted by molar-refractivity contribution is 5.75. The van der Waals surface area contributed by atoms with Crippen molar-refractivity contribution in [3.8, 4) is 11.1 Å². The first-order valence-corrected chi connectivity index (χ1v) is 5.74. The minimum Gasteiger partial charge on any atom is -0.300 e. The molecule has 0 spiro atoms. The van der Waals surface area contributed by atoms with Gasteiger partial charge in [0.05, 0.1) is 0 Å². The number of aryl methyl sites for hydroxylation is 1. The third-order valence-corrected chi connectivity index (χ3v) is 2.71. The van der Waals surface area contributed by atoms with Crippen molar-refractivity contribution in [2.24, 2.45) is 0 Å². The Bertz CT molecular complexity index is 488. The van der Waals surface area contributed by atoms with Gasteiger partial charge < -0.3 is 4.79 Å². The maximum Gasteiger partial charge on any atom is 0.130 e. The molecular formula is C15H15NO. The molecule has 2 nitrogen and oxygen atoms in total. The van der Waals surface area contributed by atoms with Crippen molar-refractivity contribution in [1.82, 2.24) is 4.98 Å². The summed E-state index contributed by atoms with van der Waals surface area (Å²) in [5, 5.41) is 0. The van der Waals surface area contributed by atoms with Crippen LogP contribution in [0.1, 0.15) is 18.9 Å². The SMILES string of the molecule is CC(=O)CCc1ccc(-c2cccnc2)cc1. The average molecular weight is 225 g/mol. The number of benzene rings is 1. The molecule has 2 rings (SSSR count). The lowest BCUT2D eigenvalue weighted by molar-refractivity contribution is -0.116. The van der Waals surface area contributed by atoms with Gasteiger partial charge in [-0.1, -0.05) is 30.3 Å². The Morgan fingerprint density at radius 2 is 1.88 bits per heavy atom. The monoisotopic (exact) mass is 225 g/mol. The molecule has 1 aromatic heterocycles. The third-order valence-electron chi connectivity index (χ3n) is 2.71. The van der Waals surface area contributed by atoms with E-state index >= 15 is 0 Å². The third kappa shape index (κ3) is 3.25. The maximum absolute atomic E-state index is 10.9. The first-order chi connectivity index (χ1) is 8.25. The van der Waals surface area contributed by atoms with E-state index in [-0.39, 0.29) is 5.78 Å². The molecule has 86 valence electrons. The number of carbonyl (C=O) groups is 1. The van der Waals surface area contributed by atoms with Crippen LogP contribution in [-0.2, 0) is 11.2 Å². The number of Topliss-reactive ketones (excluding diaryl/α,β-unsaturated/α-hetero) is 1. The van der Waals surface area contributed by atoms with Gasteiger partial charge in [0.2, 0.25) is 0 Å². The number of nitrogens with zero attached hydrogens (tertiary/aromatic N) is 1. The fraction of sp³-hybridized carbons (Fsp3) is 0.200. The molecule has 0 atom stereocenters. The van der Waals surface area contributed by atoms with Gasteiger partial charge in [0, 0.05) is 18.8 Å². The molecular weight excluding hydrogens is 210 g/mol. The van der Waals surface area contributed by atoms with Crippen LogP contribution in [0.5, 0.6) is 0 Å². The Balaban J connectivity index is 2.11. The number of pyridine rings is 1. The summed E-state index contributed by atoms with van der Waals surface area (Å²) < 4.78 is 0. The quantitative estimate of drug-likeness (QED) is 0.799. The van der Waals surface area contributed by atoms with Gasteiger partial charge in [-0.3, -0.25) is 4.98 Å². The second-order valence-electron chi connectivity index (χ2n) is 4.14. The van der Waals surface area contributed by atoms with Gasteiger partial charge in [0.1, 0.15) is 5.78 Å². The lowest BCUT2D eigenvalue weighted by atomic mass is 10.0. The van der Waals surface area contributed by atoms with E-state index in [9.17, 15) is 4.79 Å². The van der Waals surface area contributed by atoms with Gasteiger partial charge >= 0.3 is 0 Å². The van der Waals surface area contributed by atoms with E-state index < -0.39 is 0 Å². The standard InChI is InChI=1S/C15H15NO/c1-12(17)4-5-13-6-8-14(9-7-13)15-3-2-10-16-11-15/h2-3,6-11H,4-5H2,1H3. The number of carbonyl (C=O) groups excluding carboxylic acids is 1. The summed E-state index contributed by atoms with van der Waals surface area (Å²) in [4.78, 5) is 15.0. The maximum atomic E-state index is 10.9. The first-order valence-electron chi connectivity index (χ1n) is 5.74. The molecule has 0 aliphatic carbocycles. The number of hydrogen-bond acceptors (Lipinski definition) is 2. The summed E-state index contributed by atoms with van der Waals surface area (Å²) in [7, 11) is 0. The van der Waals surface area contributed by atoms with Crippen LogP contribution in [0.15, 0.2) is 48.8 Å². The van der Waals surface area contributed by atoms with Crippen LogP contribution in [0.4, 0.5) is 0 Å². The van der Waals surface area contributed by atoms with Crippen molar-refractivity contribution in [1.29, 1.82) is 0 Å². The van der Waals surface area contributed by atoms with E-state index in [4.69, 9.17) is 0 Å². The molecule has 0 saturated heterocycles. The molecule has 2 heteroatoms. The lowest BCUT2D eigenvalue weighted by Gasteiger charge is -2.03. The van der Waals surface area contributed by atoms with Gasteiger partial charge in [0.15, 0.2) is 0 Å². The predicted octanol–water partition coefficient (Wildman–Crippen LogP) is 3.27. The molecule has 0 aliphatic heterocycles. The fourth-order valence-electron chi connectivity index (χ4n) is 1.72. The largest absolute Gasteiger partial charge is 0.300 e. The van der Waals surface area contributed by atoms with E-state index in [1.807, 2.05) is 18.3 Å². The topological polar surface area (TPSA) is 30.0 Å². The molecule has 1 heterocycles. The van der Waals surface area contributed by atoms with E-state index in [0.717, 1.165) is 17.5 Å². The van der Waals surface area contributed by atoms with Gasteiger partial charge in [-0.15, -0.1) is 0 Å².